The Balaban J connectivity index is 2.31. The minimum atomic E-state index is 0.222. The van der Waals surface area contributed by atoms with Crippen LogP contribution in [0, 0.1) is 0 Å². The number of ether oxygens (including phenoxy) is 1. The van der Waals surface area contributed by atoms with Crippen LogP contribution in [0.5, 0.6) is 0 Å². The molecule has 1 aliphatic heterocycles. The highest BCUT2D eigenvalue weighted by atomic mass is 32.1. The standard InChI is InChI=1S/C17H30N2OS/c1-12(2)19-9-10-20-13(11-18-6)16(19)14-7-8-15(21-14)17(3,4)5/h7-8,12-13,16,18H,9-11H2,1-6H3. The van der Waals surface area contributed by atoms with Crippen molar-refractivity contribution < 1.29 is 4.74 Å². The third kappa shape index (κ3) is 3.86. The maximum absolute atomic E-state index is 6.06. The first kappa shape index (κ1) is 16.9. The molecular formula is C17H30N2OS. The predicted molar refractivity (Wildman–Crippen MR) is 91.3 cm³/mol. The van der Waals surface area contributed by atoms with Gasteiger partial charge < -0.3 is 10.1 Å². The van der Waals surface area contributed by atoms with E-state index in [1.165, 1.54) is 9.75 Å². The van der Waals surface area contributed by atoms with Crippen LogP contribution in [0.3, 0.4) is 0 Å². The first-order valence-corrected chi connectivity index (χ1v) is 8.78. The second-order valence-electron chi connectivity index (χ2n) is 7.20. The first-order valence-electron chi connectivity index (χ1n) is 7.96. The van der Waals surface area contributed by atoms with Crippen LogP contribution in [-0.4, -0.2) is 43.8 Å². The molecule has 2 rings (SSSR count). The van der Waals surface area contributed by atoms with Gasteiger partial charge in [0.05, 0.1) is 18.8 Å². The summed E-state index contributed by atoms with van der Waals surface area (Å²) in [6.07, 6.45) is 0.234. The Bertz CT molecular complexity index is 448. The number of hydrogen-bond donors (Lipinski definition) is 1. The normalized spacial score (nSPS) is 24.7. The van der Waals surface area contributed by atoms with Gasteiger partial charge in [-0.1, -0.05) is 20.8 Å². The highest BCUT2D eigenvalue weighted by Crippen LogP contribution is 2.38. The molecule has 0 aliphatic carbocycles. The average Bonchev–Trinajstić information content (AvgIpc) is 2.88. The molecule has 1 aromatic heterocycles. The van der Waals surface area contributed by atoms with Crippen LogP contribution in [0.4, 0.5) is 0 Å². The van der Waals surface area contributed by atoms with E-state index < -0.39 is 0 Å². The Kier molecular flexibility index (Phi) is 5.47. The zero-order valence-electron chi connectivity index (χ0n) is 14.3. The van der Waals surface area contributed by atoms with Crippen molar-refractivity contribution in [3.05, 3.63) is 21.9 Å². The van der Waals surface area contributed by atoms with Crippen molar-refractivity contribution in [2.45, 2.75) is 58.2 Å². The fourth-order valence-corrected chi connectivity index (χ4v) is 4.21. The Hall–Kier alpha value is -0.420. The molecule has 0 saturated carbocycles. The third-order valence-corrected chi connectivity index (χ3v) is 5.70. The molecule has 0 amide bonds. The number of hydrogen-bond acceptors (Lipinski definition) is 4. The van der Waals surface area contributed by atoms with E-state index in [1.807, 2.05) is 18.4 Å². The largest absolute Gasteiger partial charge is 0.374 e. The molecule has 0 bridgehead atoms. The molecule has 2 atom stereocenters. The van der Waals surface area contributed by atoms with Crippen molar-refractivity contribution in [3.8, 4) is 0 Å². The van der Waals surface area contributed by atoms with Crippen molar-refractivity contribution in [2.24, 2.45) is 0 Å². The van der Waals surface area contributed by atoms with Gasteiger partial charge in [0.15, 0.2) is 0 Å². The molecule has 0 radical (unpaired) electrons. The quantitative estimate of drug-likeness (QED) is 0.922. The van der Waals surface area contributed by atoms with Crippen LogP contribution in [0.15, 0.2) is 12.1 Å². The summed E-state index contributed by atoms with van der Waals surface area (Å²) in [5, 5.41) is 3.29. The number of rotatable bonds is 4. The highest BCUT2D eigenvalue weighted by molar-refractivity contribution is 7.12. The lowest BCUT2D eigenvalue weighted by atomic mass is 9.95. The fraction of sp³-hybridized carbons (Fsp3) is 0.765. The van der Waals surface area contributed by atoms with Gasteiger partial charge >= 0.3 is 0 Å². The Morgan fingerprint density at radius 1 is 1.38 bits per heavy atom. The van der Waals surface area contributed by atoms with E-state index in [0.717, 1.165) is 19.7 Å². The van der Waals surface area contributed by atoms with E-state index in [1.54, 1.807) is 0 Å². The summed E-state index contributed by atoms with van der Waals surface area (Å²) in [6.45, 7) is 14.2. The molecular weight excluding hydrogens is 280 g/mol. The van der Waals surface area contributed by atoms with Crippen LogP contribution in [-0.2, 0) is 10.2 Å². The van der Waals surface area contributed by atoms with E-state index in [9.17, 15) is 0 Å². The molecule has 1 aromatic rings. The molecule has 120 valence electrons. The summed E-state index contributed by atoms with van der Waals surface area (Å²) in [5.41, 5.74) is 0.222. The van der Waals surface area contributed by atoms with Gasteiger partial charge in [0.2, 0.25) is 0 Å². The predicted octanol–water partition coefficient (Wildman–Crippen LogP) is 3.42. The summed E-state index contributed by atoms with van der Waals surface area (Å²) >= 11 is 1.95. The Morgan fingerprint density at radius 2 is 2.10 bits per heavy atom. The molecule has 1 aliphatic rings. The molecule has 2 heterocycles. The third-order valence-electron chi connectivity index (χ3n) is 4.12. The van der Waals surface area contributed by atoms with Crippen LogP contribution in [0.1, 0.15) is 50.4 Å². The highest BCUT2D eigenvalue weighted by Gasteiger charge is 2.35. The van der Waals surface area contributed by atoms with E-state index in [0.29, 0.717) is 12.1 Å². The van der Waals surface area contributed by atoms with Gasteiger partial charge in [0, 0.05) is 28.9 Å². The summed E-state index contributed by atoms with van der Waals surface area (Å²) in [4.78, 5) is 5.48. The van der Waals surface area contributed by atoms with Crippen molar-refractivity contribution in [2.75, 3.05) is 26.7 Å². The van der Waals surface area contributed by atoms with Crippen LogP contribution >= 0.6 is 11.3 Å². The van der Waals surface area contributed by atoms with Crippen LogP contribution in [0.25, 0.3) is 0 Å². The van der Waals surface area contributed by atoms with Gasteiger partial charge in [-0.2, -0.15) is 0 Å². The Labute approximate surface area is 133 Å². The molecule has 1 saturated heterocycles. The average molecular weight is 311 g/mol. The number of likely N-dealkylation sites (N-methyl/N-ethyl adjacent to an activating group) is 1. The zero-order valence-corrected chi connectivity index (χ0v) is 15.1. The van der Waals surface area contributed by atoms with Gasteiger partial charge in [0.25, 0.3) is 0 Å². The Morgan fingerprint density at radius 3 is 2.62 bits per heavy atom. The monoisotopic (exact) mass is 310 g/mol. The molecule has 2 unspecified atom stereocenters. The van der Waals surface area contributed by atoms with E-state index in [4.69, 9.17) is 4.74 Å². The molecule has 3 nitrogen and oxygen atoms in total. The zero-order chi connectivity index (χ0) is 15.6. The summed E-state index contributed by atoms with van der Waals surface area (Å²) in [5.74, 6) is 0. The van der Waals surface area contributed by atoms with Gasteiger partial charge in [-0.25, -0.2) is 0 Å². The van der Waals surface area contributed by atoms with Crippen molar-refractivity contribution in [3.63, 3.8) is 0 Å². The molecule has 0 aromatic carbocycles. The maximum atomic E-state index is 6.06. The fourth-order valence-electron chi connectivity index (χ4n) is 2.97. The maximum Gasteiger partial charge on any atom is 0.0904 e. The number of nitrogens with one attached hydrogen (secondary N) is 1. The van der Waals surface area contributed by atoms with Crippen LogP contribution < -0.4 is 5.32 Å². The van der Waals surface area contributed by atoms with Crippen molar-refractivity contribution in [1.82, 2.24) is 10.2 Å². The van der Waals surface area contributed by atoms with Crippen LogP contribution in [0.2, 0.25) is 0 Å². The number of morpholine rings is 1. The minimum Gasteiger partial charge on any atom is -0.374 e. The van der Waals surface area contributed by atoms with E-state index in [2.05, 4.69) is 57.0 Å². The van der Waals surface area contributed by atoms with Gasteiger partial charge in [-0.15, -0.1) is 11.3 Å². The molecule has 0 spiro atoms. The lowest BCUT2D eigenvalue weighted by Crippen LogP contribution is -2.50. The lowest BCUT2D eigenvalue weighted by molar-refractivity contribution is -0.0803. The number of thiophene rings is 1. The van der Waals surface area contributed by atoms with Gasteiger partial charge in [0.1, 0.15) is 0 Å². The summed E-state index contributed by atoms with van der Waals surface area (Å²) in [6, 6.07) is 5.51. The van der Waals surface area contributed by atoms with Crippen molar-refractivity contribution in [1.29, 1.82) is 0 Å². The summed E-state index contributed by atoms with van der Waals surface area (Å²) < 4.78 is 6.06. The van der Waals surface area contributed by atoms with E-state index >= 15 is 0 Å². The van der Waals surface area contributed by atoms with Gasteiger partial charge in [-0.3, -0.25) is 4.90 Å². The summed E-state index contributed by atoms with van der Waals surface area (Å²) in [7, 11) is 2.00. The van der Waals surface area contributed by atoms with Crippen molar-refractivity contribution >= 4 is 11.3 Å². The van der Waals surface area contributed by atoms with E-state index in [-0.39, 0.29) is 11.5 Å². The second-order valence-corrected chi connectivity index (χ2v) is 8.31. The first-order chi connectivity index (χ1) is 9.84. The minimum absolute atomic E-state index is 0.222. The molecule has 1 fully saturated rings. The topological polar surface area (TPSA) is 24.5 Å². The molecule has 1 N–H and O–H groups in total. The number of nitrogens with zero attached hydrogens (tertiary/aromatic N) is 1. The smallest absolute Gasteiger partial charge is 0.0904 e. The second kappa shape index (κ2) is 6.78. The molecule has 4 heteroatoms. The lowest BCUT2D eigenvalue weighted by Gasteiger charge is -2.43. The molecule has 21 heavy (non-hydrogen) atoms. The SMILES string of the molecule is CNCC1OCCN(C(C)C)C1c1ccc(C(C)(C)C)s1. The van der Waals surface area contributed by atoms with Gasteiger partial charge in [-0.05, 0) is 38.4 Å².